The summed E-state index contributed by atoms with van der Waals surface area (Å²) in [6, 6.07) is 10.8. The second-order valence-electron chi connectivity index (χ2n) is 8.76. The average Bonchev–Trinajstić information content (AvgIpc) is 2.86. The summed E-state index contributed by atoms with van der Waals surface area (Å²) in [5, 5.41) is 0.902. The number of nitrogen functional groups attached to an aromatic ring is 1. The standard InChI is InChI=1S/C26H25ClFN5O3S/c1-15-21-11-16(13-23(24(21)32-26(29)31-15)36-19-7-9-35-10-8-19)17-12-22(25(27)30-14-17)33-37(2,34)20-5-3-18(28)4-6-20/h3-6,11-14,19H,2,7-10H2,1H3,(H,33,34)(H2,29,31,32). The van der Waals surface area contributed by atoms with E-state index in [-0.39, 0.29) is 17.2 Å². The fraction of sp³-hybridized carbons (Fsp3) is 0.231. The third-order valence-corrected chi connectivity index (χ3v) is 7.96. The number of anilines is 2. The van der Waals surface area contributed by atoms with Crippen LogP contribution in [0.4, 0.5) is 16.0 Å². The summed E-state index contributed by atoms with van der Waals surface area (Å²) in [6.07, 6.45) is 3.13. The van der Waals surface area contributed by atoms with Gasteiger partial charge in [0.2, 0.25) is 5.95 Å². The van der Waals surface area contributed by atoms with Crippen molar-refractivity contribution < 1.29 is 18.1 Å². The van der Waals surface area contributed by atoms with Gasteiger partial charge in [-0.2, -0.15) is 0 Å². The van der Waals surface area contributed by atoms with Gasteiger partial charge in [-0.25, -0.2) is 23.6 Å². The van der Waals surface area contributed by atoms with Gasteiger partial charge < -0.3 is 19.9 Å². The highest BCUT2D eigenvalue weighted by atomic mass is 35.5. The number of benzene rings is 2. The Balaban J connectivity index is 1.56. The van der Waals surface area contributed by atoms with Crippen LogP contribution in [0.15, 0.2) is 53.6 Å². The molecule has 4 aromatic rings. The van der Waals surface area contributed by atoms with Gasteiger partial charge in [0.1, 0.15) is 23.2 Å². The molecular weight excluding hydrogens is 517 g/mol. The van der Waals surface area contributed by atoms with Crippen LogP contribution in [0.1, 0.15) is 18.5 Å². The highest BCUT2D eigenvalue weighted by molar-refractivity contribution is 8.01. The molecule has 1 saturated heterocycles. The Bertz CT molecular complexity index is 1580. The van der Waals surface area contributed by atoms with Crippen LogP contribution in [0.3, 0.4) is 0 Å². The molecule has 0 radical (unpaired) electrons. The topological polar surface area (TPSA) is 112 Å². The van der Waals surface area contributed by atoms with Crippen molar-refractivity contribution in [2.75, 3.05) is 23.7 Å². The van der Waals surface area contributed by atoms with Crippen LogP contribution in [-0.2, 0) is 14.4 Å². The van der Waals surface area contributed by atoms with Gasteiger partial charge in [-0.1, -0.05) is 11.6 Å². The van der Waals surface area contributed by atoms with E-state index in [9.17, 15) is 8.60 Å². The van der Waals surface area contributed by atoms with Gasteiger partial charge in [0, 0.05) is 34.9 Å². The van der Waals surface area contributed by atoms with Crippen LogP contribution in [0.5, 0.6) is 5.75 Å². The van der Waals surface area contributed by atoms with Gasteiger partial charge in [-0.05, 0) is 60.8 Å². The van der Waals surface area contributed by atoms with Crippen LogP contribution in [0.2, 0.25) is 5.15 Å². The lowest BCUT2D eigenvalue weighted by molar-refractivity contribution is 0.0261. The molecule has 1 fully saturated rings. The first-order chi connectivity index (χ1) is 17.7. The monoisotopic (exact) mass is 541 g/mol. The van der Waals surface area contributed by atoms with Gasteiger partial charge in [0.25, 0.3) is 0 Å². The zero-order valence-electron chi connectivity index (χ0n) is 20.0. The number of hydrogen-bond donors (Lipinski definition) is 2. The second-order valence-corrected chi connectivity index (χ2v) is 11.1. The van der Waals surface area contributed by atoms with Gasteiger partial charge in [0.05, 0.1) is 34.3 Å². The number of hydrogen-bond acceptors (Lipinski definition) is 7. The Morgan fingerprint density at radius 2 is 1.89 bits per heavy atom. The SMILES string of the molecule is C=S(=O)(Nc1cc(-c2cc(OC3CCOCC3)c3nc(N)nc(C)c3c2)cnc1Cl)c1ccc(F)cc1. The largest absolute Gasteiger partial charge is 0.488 e. The van der Waals surface area contributed by atoms with Crippen molar-refractivity contribution in [2.24, 2.45) is 0 Å². The second kappa shape index (κ2) is 10.1. The number of ether oxygens (including phenoxy) is 2. The summed E-state index contributed by atoms with van der Waals surface area (Å²) in [7, 11) is -3.04. The third-order valence-electron chi connectivity index (χ3n) is 6.08. The predicted molar refractivity (Wildman–Crippen MR) is 145 cm³/mol. The van der Waals surface area contributed by atoms with Crippen LogP contribution >= 0.6 is 11.6 Å². The van der Waals surface area contributed by atoms with E-state index in [1.807, 2.05) is 19.1 Å². The van der Waals surface area contributed by atoms with Gasteiger partial charge in [0.15, 0.2) is 5.15 Å². The minimum atomic E-state index is -3.04. The number of nitrogens with two attached hydrogens (primary N) is 1. The maximum Gasteiger partial charge on any atom is 0.220 e. The Morgan fingerprint density at radius 3 is 2.62 bits per heavy atom. The van der Waals surface area contributed by atoms with Crippen molar-refractivity contribution >= 4 is 49.7 Å². The number of aromatic nitrogens is 3. The maximum absolute atomic E-state index is 13.4. The molecule has 8 nitrogen and oxygen atoms in total. The number of pyridine rings is 1. The molecule has 37 heavy (non-hydrogen) atoms. The Kier molecular flexibility index (Phi) is 6.89. The first-order valence-electron chi connectivity index (χ1n) is 11.6. The molecular formula is C26H25ClFN5O3S. The van der Waals surface area contributed by atoms with Crippen molar-refractivity contribution in [2.45, 2.75) is 30.8 Å². The number of rotatable bonds is 6. The third kappa shape index (κ3) is 5.46. The molecule has 11 heteroatoms. The molecule has 192 valence electrons. The number of nitrogens with one attached hydrogen (secondary N) is 1. The lowest BCUT2D eigenvalue weighted by Crippen LogP contribution is -2.26. The minimum Gasteiger partial charge on any atom is -0.488 e. The molecule has 0 amide bonds. The Hall–Kier alpha value is -3.47. The highest BCUT2D eigenvalue weighted by Crippen LogP contribution is 2.36. The zero-order chi connectivity index (χ0) is 26.2. The summed E-state index contributed by atoms with van der Waals surface area (Å²) in [5.41, 5.74) is 9.06. The number of aryl methyl sites for hydroxylation is 1. The fourth-order valence-corrected chi connectivity index (χ4v) is 5.58. The van der Waals surface area contributed by atoms with Crippen LogP contribution in [0.25, 0.3) is 22.0 Å². The molecule has 0 bridgehead atoms. The molecule has 1 atom stereocenters. The smallest absolute Gasteiger partial charge is 0.220 e. The van der Waals surface area contributed by atoms with E-state index in [1.54, 1.807) is 12.3 Å². The molecule has 0 saturated carbocycles. The molecule has 0 spiro atoms. The van der Waals surface area contributed by atoms with E-state index >= 15 is 0 Å². The lowest BCUT2D eigenvalue weighted by Gasteiger charge is -2.24. The van der Waals surface area contributed by atoms with Crippen molar-refractivity contribution in [1.29, 1.82) is 0 Å². The summed E-state index contributed by atoms with van der Waals surface area (Å²) in [6.45, 7) is 3.12. The molecule has 2 aromatic carbocycles. The molecule has 1 aliphatic heterocycles. The van der Waals surface area contributed by atoms with Crippen molar-refractivity contribution in [3.8, 4) is 16.9 Å². The summed E-state index contributed by atoms with van der Waals surface area (Å²) < 4.78 is 41.4. The summed E-state index contributed by atoms with van der Waals surface area (Å²) >= 11 is 6.34. The maximum atomic E-state index is 13.4. The lowest BCUT2D eigenvalue weighted by atomic mass is 10.0. The molecule has 1 unspecified atom stereocenters. The molecule has 0 aliphatic carbocycles. The number of fused-ring (bicyclic) bond motifs is 1. The van der Waals surface area contributed by atoms with Crippen LogP contribution in [0, 0.1) is 12.7 Å². The fourth-order valence-electron chi connectivity index (χ4n) is 4.17. The molecule has 1 aliphatic rings. The van der Waals surface area contributed by atoms with Crippen molar-refractivity contribution in [3.63, 3.8) is 0 Å². The van der Waals surface area contributed by atoms with Crippen LogP contribution < -0.4 is 15.2 Å². The zero-order valence-corrected chi connectivity index (χ0v) is 21.6. The van der Waals surface area contributed by atoms with E-state index in [2.05, 4.69) is 25.5 Å². The van der Waals surface area contributed by atoms with Gasteiger partial charge >= 0.3 is 0 Å². The van der Waals surface area contributed by atoms with E-state index in [1.165, 1.54) is 24.3 Å². The number of nitrogens with zero attached hydrogens (tertiary/aromatic N) is 3. The van der Waals surface area contributed by atoms with Crippen LogP contribution in [-0.4, -0.2) is 44.3 Å². The normalized spacial score (nSPS) is 15.9. The molecule has 3 heterocycles. The highest BCUT2D eigenvalue weighted by Gasteiger charge is 2.20. The molecule has 2 aromatic heterocycles. The van der Waals surface area contributed by atoms with Crippen molar-refractivity contribution in [1.82, 2.24) is 15.0 Å². The quantitative estimate of drug-likeness (QED) is 0.260. The van der Waals surface area contributed by atoms with E-state index < -0.39 is 15.5 Å². The van der Waals surface area contributed by atoms with E-state index in [0.29, 0.717) is 46.3 Å². The Morgan fingerprint density at radius 1 is 1.16 bits per heavy atom. The first-order valence-corrected chi connectivity index (χ1v) is 13.7. The predicted octanol–water partition coefficient (Wildman–Crippen LogP) is 5.04. The van der Waals surface area contributed by atoms with Crippen molar-refractivity contribution in [3.05, 3.63) is 65.3 Å². The van der Waals surface area contributed by atoms with Gasteiger partial charge in [-0.3, -0.25) is 0 Å². The summed E-state index contributed by atoms with van der Waals surface area (Å²) in [4.78, 5) is 13.4. The van der Waals surface area contributed by atoms with Gasteiger partial charge in [-0.15, -0.1) is 0 Å². The molecule has 3 N–H and O–H groups in total. The Labute approximate surface area is 219 Å². The minimum absolute atomic E-state index is 0.0178. The number of halogens is 2. The van der Waals surface area contributed by atoms with E-state index in [4.69, 9.17) is 26.8 Å². The first kappa shape index (κ1) is 25.2. The van der Waals surface area contributed by atoms with E-state index in [0.717, 1.165) is 23.8 Å². The summed E-state index contributed by atoms with van der Waals surface area (Å²) in [5.74, 6) is 4.11. The average molecular weight is 542 g/mol. The molecule has 5 rings (SSSR count).